The van der Waals surface area contributed by atoms with Crippen LogP contribution < -0.4 is 0 Å². The summed E-state index contributed by atoms with van der Waals surface area (Å²) in [6, 6.07) is 0.0492. The second-order valence-corrected chi connectivity index (χ2v) is 3.89. The summed E-state index contributed by atoms with van der Waals surface area (Å²) in [5, 5.41) is 9.75. The van der Waals surface area contributed by atoms with Gasteiger partial charge in [0.25, 0.3) is 0 Å². The van der Waals surface area contributed by atoms with E-state index in [9.17, 15) is 9.90 Å². The lowest BCUT2D eigenvalue weighted by Gasteiger charge is -2.47. The zero-order valence-electron chi connectivity index (χ0n) is 9.29. The number of aliphatic hydroxyl groups is 1. The largest absolute Gasteiger partial charge is 0.386 e. The second kappa shape index (κ2) is 4.17. The van der Waals surface area contributed by atoms with Crippen molar-refractivity contribution in [1.82, 2.24) is 9.80 Å². The molecule has 0 unspecified atom stereocenters. The van der Waals surface area contributed by atoms with Crippen LogP contribution in [0.2, 0.25) is 0 Å². The van der Waals surface area contributed by atoms with Crippen molar-refractivity contribution in [2.24, 2.45) is 0 Å². The molecule has 14 heavy (non-hydrogen) atoms. The van der Waals surface area contributed by atoms with Crippen molar-refractivity contribution in [2.75, 3.05) is 26.2 Å². The molecule has 2 amide bonds. The summed E-state index contributed by atoms with van der Waals surface area (Å²) in [4.78, 5) is 15.2. The van der Waals surface area contributed by atoms with Crippen LogP contribution in [0.25, 0.3) is 0 Å². The van der Waals surface area contributed by atoms with Crippen LogP contribution in [0.1, 0.15) is 27.2 Å². The number of β-amino-alcohol motifs (C(OH)–C–C–N with tert-alkyl or cyclic N) is 1. The average Bonchev–Trinajstić information content (AvgIpc) is 2.14. The Hall–Kier alpha value is -0.770. The van der Waals surface area contributed by atoms with Crippen molar-refractivity contribution >= 4 is 6.03 Å². The van der Waals surface area contributed by atoms with Gasteiger partial charge in [0.05, 0.1) is 18.7 Å². The third kappa shape index (κ3) is 2.00. The van der Waals surface area contributed by atoms with Gasteiger partial charge in [-0.2, -0.15) is 0 Å². The normalized spacial score (nSPS) is 19.0. The molecule has 1 fully saturated rings. The van der Waals surface area contributed by atoms with Crippen molar-refractivity contribution in [2.45, 2.75) is 32.8 Å². The summed E-state index contributed by atoms with van der Waals surface area (Å²) in [7, 11) is 0. The van der Waals surface area contributed by atoms with E-state index in [2.05, 4.69) is 0 Å². The van der Waals surface area contributed by atoms with Crippen molar-refractivity contribution < 1.29 is 9.90 Å². The lowest BCUT2D eigenvalue weighted by molar-refractivity contribution is -0.0826. The number of carbonyl (C=O) groups is 1. The van der Waals surface area contributed by atoms with Gasteiger partial charge in [0.2, 0.25) is 0 Å². The summed E-state index contributed by atoms with van der Waals surface area (Å²) >= 11 is 0. The number of hydrogen-bond acceptors (Lipinski definition) is 2. The predicted molar refractivity (Wildman–Crippen MR) is 55.1 cm³/mol. The van der Waals surface area contributed by atoms with Crippen molar-refractivity contribution in [1.29, 1.82) is 0 Å². The third-order valence-corrected chi connectivity index (χ3v) is 2.93. The van der Waals surface area contributed by atoms with Crippen molar-refractivity contribution in [3.63, 3.8) is 0 Å². The molecule has 1 N–H and O–H groups in total. The summed E-state index contributed by atoms with van der Waals surface area (Å²) in [6.45, 7) is 8.31. The molecule has 0 aromatic heterocycles. The van der Waals surface area contributed by atoms with Crippen molar-refractivity contribution in [3.05, 3.63) is 0 Å². The Kier molecular flexibility index (Phi) is 3.37. The smallest absolute Gasteiger partial charge is 0.320 e. The van der Waals surface area contributed by atoms with E-state index >= 15 is 0 Å². The standard InChI is InChI=1S/C10H20N2O2/c1-4-10(14)7-12(8-10)9(13)11(5-2)6-3/h14H,4-8H2,1-3H3. The van der Waals surface area contributed by atoms with E-state index in [0.29, 0.717) is 13.1 Å². The number of hydrogen-bond donors (Lipinski definition) is 1. The van der Waals surface area contributed by atoms with E-state index < -0.39 is 5.60 Å². The highest BCUT2D eigenvalue weighted by Gasteiger charge is 2.42. The maximum absolute atomic E-state index is 11.7. The topological polar surface area (TPSA) is 43.8 Å². The number of likely N-dealkylation sites (tertiary alicyclic amines) is 1. The first-order valence-corrected chi connectivity index (χ1v) is 5.32. The van der Waals surface area contributed by atoms with Gasteiger partial charge in [-0.3, -0.25) is 0 Å². The minimum absolute atomic E-state index is 0.0492. The molecule has 1 heterocycles. The van der Waals surface area contributed by atoms with Crippen LogP contribution in [0.5, 0.6) is 0 Å². The Bertz CT molecular complexity index is 208. The van der Waals surface area contributed by atoms with Gasteiger partial charge in [-0.15, -0.1) is 0 Å². The van der Waals surface area contributed by atoms with E-state index in [0.717, 1.165) is 19.5 Å². The SMILES string of the molecule is CCN(CC)C(=O)N1CC(O)(CC)C1. The van der Waals surface area contributed by atoms with Gasteiger partial charge < -0.3 is 14.9 Å². The van der Waals surface area contributed by atoms with Crippen molar-refractivity contribution in [3.8, 4) is 0 Å². The molecule has 0 radical (unpaired) electrons. The maximum atomic E-state index is 11.7. The molecule has 0 spiro atoms. The van der Waals surface area contributed by atoms with Crippen LogP contribution in [0.3, 0.4) is 0 Å². The van der Waals surface area contributed by atoms with Crippen LogP contribution in [-0.2, 0) is 0 Å². The fourth-order valence-electron chi connectivity index (χ4n) is 1.72. The van der Waals surface area contributed by atoms with E-state index in [1.807, 2.05) is 20.8 Å². The number of urea groups is 1. The van der Waals surface area contributed by atoms with Gasteiger partial charge >= 0.3 is 6.03 Å². The first-order valence-electron chi connectivity index (χ1n) is 5.32. The first kappa shape index (κ1) is 11.3. The number of carbonyl (C=O) groups excluding carboxylic acids is 1. The van der Waals surface area contributed by atoms with Crippen LogP contribution in [-0.4, -0.2) is 52.7 Å². The monoisotopic (exact) mass is 200 g/mol. The average molecular weight is 200 g/mol. The van der Waals surface area contributed by atoms with Crippen LogP contribution in [0, 0.1) is 0 Å². The Labute approximate surface area is 85.5 Å². The molecule has 4 nitrogen and oxygen atoms in total. The fraction of sp³-hybridized carbons (Fsp3) is 0.900. The molecule has 0 aliphatic carbocycles. The third-order valence-electron chi connectivity index (χ3n) is 2.93. The van der Waals surface area contributed by atoms with Crippen LogP contribution >= 0.6 is 0 Å². The first-order chi connectivity index (χ1) is 6.56. The highest BCUT2D eigenvalue weighted by atomic mass is 16.3. The quantitative estimate of drug-likeness (QED) is 0.735. The molecular weight excluding hydrogens is 180 g/mol. The molecule has 1 rings (SSSR count). The van der Waals surface area contributed by atoms with Gasteiger partial charge in [-0.1, -0.05) is 6.92 Å². The van der Waals surface area contributed by atoms with Gasteiger partial charge in [-0.05, 0) is 20.3 Å². The maximum Gasteiger partial charge on any atom is 0.320 e. The summed E-state index contributed by atoms with van der Waals surface area (Å²) < 4.78 is 0. The predicted octanol–water partition coefficient (Wildman–Crippen LogP) is 0.905. The fourth-order valence-corrected chi connectivity index (χ4v) is 1.72. The minimum atomic E-state index is -0.622. The Balaban J connectivity index is 2.43. The Morgan fingerprint density at radius 3 is 2.21 bits per heavy atom. The molecule has 0 atom stereocenters. The molecule has 0 aromatic carbocycles. The van der Waals surface area contributed by atoms with Gasteiger partial charge in [0, 0.05) is 13.1 Å². The summed E-state index contributed by atoms with van der Waals surface area (Å²) in [6.07, 6.45) is 0.717. The molecule has 1 aliphatic rings. The molecule has 0 aromatic rings. The molecule has 82 valence electrons. The number of rotatable bonds is 3. The van der Waals surface area contributed by atoms with Crippen LogP contribution in [0.4, 0.5) is 4.79 Å². The number of nitrogens with zero attached hydrogens (tertiary/aromatic N) is 2. The summed E-state index contributed by atoms with van der Waals surface area (Å²) in [5.74, 6) is 0. The molecule has 1 aliphatic heterocycles. The second-order valence-electron chi connectivity index (χ2n) is 3.89. The number of amides is 2. The molecule has 0 saturated carbocycles. The zero-order valence-corrected chi connectivity index (χ0v) is 9.29. The van der Waals surface area contributed by atoms with E-state index in [1.54, 1.807) is 9.80 Å². The van der Waals surface area contributed by atoms with E-state index in [4.69, 9.17) is 0 Å². The lowest BCUT2D eigenvalue weighted by Crippen LogP contribution is -2.65. The zero-order chi connectivity index (χ0) is 10.8. The van der Waals surface area contributed by atoms with Gasteiger partial charge in [0.1, 0.15) is 0 Å². The molecular formula is C10H20N2O2. The Morgan fingerprint density at radius 2 is 1.86 bits per heavy atom. The highest BCUT2D eigenvalue weighted by molar-refractivity contribution is 5.75. The molecule has 4 heteroatoms. The summed E-state index contributed by atoms with van der Waals surface area (Å²) in [5.41, 5.74) is -0.622. The minimum Gasteiger partial charge on any atom is -0.386 e. The van der Waals surface area contributed by atoms with E-state index in [-0.39, 0.29) is 6.03 Å². The molecule has 1 saturated heterocycles. The lowest BCUT2D eigenvalue weighted by atomic mass is 9.92. The van der Waals surface area contributed by atoms with Gasteiger partial charge in [-0.25, -0.2) is 4.79 Å². The van der Waals surface area contributed by atoms with Gasteiger partial charge in [0.15, 0.2) is 0 Å². The Morgan fingerprint density at radius 1 is 1.36 bits per heavy atom. The molecule has 0 bridgehead atoms. The highest BCUT2D eigenvalue weighted by Crippen LogP contribution is 2.24. The van der Waals surface area contributed by atoms with E-state index in [1.165, 1.54) is 0 Å². The van der Waals surface area contributed by atoms with Crippen LogP contribution in [0.15, 0.2) is 0 Å².